The van der Waals surface area contributed by atoms with Crippen molar-refractivity contribution >= 4 is 17.4 Å². The van der Waals surface area contributed by atoms with E-state index in [9.17, 15) is 31.1 Å². The lowest BCUT2D eigenvalue weighted by molar-refractivity contribution is -0.162. The van der Waals surface area contributed by atoms with Crippen molar-refractivity contribution in [3.63, 3.8) is 0 Å². The Hall–Kier alpha value is -2.78. The minimum Gasteiger partial charge on any atom is -0.383 e. The molecule has 0 spiro atoms. The molecule has 0 aliphatic heterocycles. The number of hydrogen-bond donors (Lipinski definition) is 2. The molecule has 0 unspecified atom stereocenters. The van der Waals surface area contributed by atoms with Gasteiger partial charge in [0.25, 0.3) is 5.91 Å². The maximum atomic E-state index is 12.8. The maximum absolute atomic E-state index is 12.8. The monoisotopic (exact) mass is 349 g/mol. The van der Waals surface area contributed by atoms with E-state index in [1.807, 2.05) is 0 Å². The zero-order valence-corrected chi connectivity index (χ0v) is 11.7. The smallest absolute Gasteiger partial charge is 0.383 e. The van der Waals surface area contributed by atoms with E-state index in [0.29, 0.717) is 0 Å². The molecule has 0 saturated heterocycles. The predicted octanol–water partition coefficient (Wildman–Crippen LogP) is 3.95. The number of aromatic nitrogens is 1. The zero-order chi connectivity index (χ0) is 18.1. The van der Waals surface area contributed by atoms with E-state index < -0.39 is 35.1 Å². The molecule has 4 nitrogen and oxygen atoms in total. The lowest BCUT2D eigenvalue weighted by Gasteiger charge is -2.17. The number of rotatable bonds is 2. The van der Waals surface area contributed by atoms with Gasteiger partial charge in [0.15, 0.2) is 0 Å². The number of alkyl halides is 6. The van der Waals surface area contributed by atoms with Gasteiger partial charge in [-0.2, -0.15) is 26.3 Å². The number of nitrogens with zero attached hydrogens (tertiary/aromatic N) is 1. The van der Waals surface area contributed by atoms with Crippen LogP contribution in [0.2, 0.25) is 0 Å². The number of carbonyl (C=O) groups is 1. The Morgan fingerprint density at radius 1 is 1.00 bits per heavy atom. The quantitative estimate of drug-likeness (QED) is 0.807. The van der Waals surface area contributed by atoms with Gasteiger partial charge in [0.2, 0.25) is 0 Å². The molecule has 2 rings (SSSR count). The van der Waals surface area contributed by atoms with Gasteiger partial charge in [-0.15, -0.1) is 0 Å². The largest absolute Gasteiger partial charge is 0.417 e. The standard InChI is InChI=1S/C14H9F6N3O/c15-13(16,17)9-4-3-7(6-10(9)14(18,19)20)23-12(24)8-2-1-5-22-11(8)21/h1-6H,(H2,21,22)(H,23,24). The highest BCUT2D eigenvalue weighted by Gasteiger charge is 2.43. The Balaban J connectivity index is 2.39. The van der Waals surface area contributed by atoms with Crippen molar-refractivity contribution < 1.29 is 31.1 Å². The Kier molecular flexibility index (Phi) is 4.41. The molecule has 3 N–H and O–H groups in total. The summed E-state index contributed by atoms with van der Waals surface area (Å²) in [5.74, 6) is -1.06. The SMILES string of the molecule is Nc1ncccc1C(=O)Nc1ccc(C(F)(F)F)c(C(F)(F)F)c1. The predicted molar refractivity (Wildman–Crippen MR) is 73.0 cm³/mol. The summed E-state index contributed by atoms with van der Waals surface area (Å²) in [5, 5.41) is 2.06. The van der Waals surface area contributed by atoms with Crippen LogP contribution in [-0.4, -0.2) is 10.9 Å². The molecule has 128 valence electrons. The van der Waals surface area contributed by atoms with Gasteiger partial charge in [-0.25, -0.2) is 4.98 Å². The van der Waals surface area contributed by atoms with Crippen molar-refractivity contribution in [1.29, 1.82) is 0 Å². The van der Waals surface area contributed by atoms with Crippen LogP contribution in [0.4, 0.5) is 37.8 Å². The normalized spacial score (nSPS) is 12.1. The summed E-state index contributed by atoms with van der Waals surface area (Å²) in [6.07, 6.45) is -9.12. The van der Waals surface area contributed by atoms with E-state index in [2.05, 4.69) is 10.3 Å². The summed E-state index contributed by atoms with van der Waals surface area (Å²) in [5.41, 5.74) is 1.14. The van der Waals surface area contributed by atoms with Gasteiger partial charge in [0.05, 0.1) is 16.7 Å². The molecule has 24 heavy (non-hydrogen) atoms. The molecule has 0 radical (unpaired) electrons. The first-order valence-electron chi connectivity index (χ1n) is 6.30. The number of amides is 1. The minimum absolute atomic E-state index is 0.119. The number of benzene rings is 1. The number of anilines is 2. The van der Waals surface area contributed by atoms with Gasteiger partial charge >= 0.3 is 12.4 Å². The second-order valence-corrected chi connectivity index (χ2v) is 4.65. The van der Waals surface area contributed by atoms with Crippen LogP contribution in [-0.2, 0) is 12.4 Å². The van der Waals surface area contributed by atoms with Crippen molar-refractivity contribution in [2.75, 3.05) is 11.1 Å². The third-order valence-electron chi connectivity index (χ3n) is 2.97. The van der Waals surface area contributed by atoms with Crippen molar-refractivity contribution in [2.24, 2.45) is 0 Å². The topological polar surface area (TPSA) is 68.0 Å². The summed E-state index contributed by atoms with van der Waals surface area (Å²) < 4.78 is 76.6. The van der Waals surface area contributed by atoms with Crippen molar-refractivity contribution in [1.82, 2.24) is 4.98 Å². The fourth-order valence-electron chi connectivity index (χ4n) is 1.91. The highest BCUT2D eigenvalue weighted by molar-refractivity contribution is 6.07. The Morgan fingerprint density at radius 2 is 1.62 bits per heavy atom. The van der Waals surface area contributed by atoms with Crippen LogP contribution < -0.4 is 11.1 Å². The number of nitrogens with one attached hydrogen (secondary N) is 1. The van der Waals surface area contributed by atoms with Crippen molar-refractivity contribution in [3.8, 4) is 0 Å². The summed E-state index contributed by atoms with van der Waals surface area (Å²) in [7, 11) is 0. The number of pyridine rings is 1. The molecule has 1 aromatic carbocycles. The van der Waals surface area contributed by atoms with E-state index in [1.165, 1.54) is 18.3 Å². The molecule has 0 atom stereocenters. The van der Waals surface area contributed by atoms with Crippen LogP contribution in [0.3, 0.4) is 0 Å². The van der Waals surface area contributed by atoms with Crippen molar-refractivity contribution in [2.45, 2.75) is 12.4 Å². The van der Waals surface area contributed by atoms with Crippen LogP contribution in [0, 0.1) is 0 Å². The molecule has 0 aliphatic rings. The molecule has 10 heteroatoms. The first-order chi connectivity index (χ1) is 11.0. The lowest BCUT2D eigenvalue weighted by Crippen LogP contribution is -2.19. The fraction of sp³-hybridized carbons (Fsp3) is 0.143. The Morgan fingerprint density at radius 3 is 2.17 bits per heavy atom. The lowest BCUT2D eigenvalue weighted by atomic mass is 10.1. The van der Waals surface area contributed by atoms with E-state index in [-0.39, 0.29) is 23.5 Å². The van der Waals surface area contributed by atoms with Crippen LogP contribution in [0.1, 0.15) is 21.5 Å². The second kappa shape index (κ2) is 6.02. The molecular weight excluding hydrogens is 340 g/mol. The number of carbonyl (C=O) groups excluding carboxylic acids is 1. The van der Waals surface area contributed by atoms with Gasteiger partial charge in [0, 0.05) is 11.9 Å². The van der Waals surface area contributed by atoms with Gasteiger partial charge in [-0.3, -0.25) is 4.79 Å². The summed E-state index contributed by atoms with van der Waals surface area (Å²) in [4.78, 5) is 15.6. The van der Waals surface area contributed by atoms with Gasteiger partial charge in [-0.05, 0) is 30.3 Å². The number of hydrogen-bond acceptors (Lipinski definition) is 3. The average molecular weight is 349 g/mol. The Bertz CT molecular complexity index is 770. The average Bonchev–Trinajstić information content (AvgIpc) is 2.45. The van der Waals surface area contributed by atoms with Gasteiger partial charge < -0.3 is 11.1 Å². The molecule has 1 amide bonds. The fourth-order valence-corrected chi connectivity index (χ4v) is 1.91. The van der Waals surface area contributed by atoms with Crippen LogP contribution in [0.25, 0.3) is 0 Å². The van der Waals surface area contributed by atoms with Gasteiger partial charge in [-0.1, -0.05) is 0 Å². The van der Waals surface area contributed by atoms with Gasteiger partial charge in [0.1, 0.15) is 5.82 Å². The minimum atomic E-state index is -5.24. The van der Waals surface area contributed by atoms with E-state index in [0.717, 1.165) is 6.07 Å². The molecule has 0 saturated carbocycles. The maximum Gasteiger partial charge on any atom is 0.417 e. The highest BCUT2D eigenvalue weighted by atomic mass is 19.4. The molecular formula is C14H9F6N3O. The third kappa shape index (κ3) is 3.76. The second-order valence-electron chi connectivity index (χ2n) is 4.65. The van der Waals surface area contributed by atoms with Crippen molar-refractivity contribution in [3.05, 3.63) is 53.2 Å². The highest BCUT2D eigenvalue weighted by Crippen LogP contribution is 2.41. The molecule has 1 aromatic heterocycles. The third-order valence-corrected chi connectivity index (χ3v) is 2.97. The summed E-state index contributed by atoms with van der Waals surface area (Å²) >= 11 is 0. The number of nitrogens with two attached hydrogens (primary N) is 1. The van der Waals surface area contributed by atoms with Crippen LogP contribution in [0.5, 0.6) is 0 Å². The van der Waals surface area contributed by atoms with E-state index in [4.69, 9.17) is 5.73 Å². The number of nitrogen functional groups attached to an aromatic ring is 1. The summed E-state index contributed by atoms with van der Waals surface area (Å²) in [6.45, 7) is 0. The van der Waals surface area contributed by atoms with Crippen LogP contribution >= 0.6 is 0 Å². The molecule has 1 heterocycles. The van der Waals surface area contributed by atoms with E-state index >= 15 is 0 Å². The molecule has 0 bridgehead atoms. The molecule has 0 aliphatic carbocycles. The van der Waals surface area contributed by atoms with E-state index in [1.54, 1.807) is 0 Å². The first kappa shape index (κ1) is 17.6. The Labute approximate surface area is 131 Å². The summed E-state index contributed by atoms with van der Waals surface area (Å²) in [6, 6.07) is 3.84. The molecule has 0 fully saturated rings. The number of halogens is 6. The molecule has 2 aromatic rings. The van der Waals surface area contributed by atoms with Crippen LogP contribution in [0.15, 0.2) is 36.5 Å². The zero-order valence-electron chi connectivity index (χ0n) is 11.7. The first-order valence-corrected chi connectivity index (χ1v) is 6.30.